The molecule has 2 aromatic rings. The minimum absolute atomic E-state index is 0.0388. The van der Waals surface area contributed by atoms with Gasteiger partial charge in [0.15, 0.2) is 17.2 Å². The van der Waals surface area contributed by atoms with E-state index in [2.05, 4.69) is 10.3 Å². The summed E-state index contributed by atoms with van der Waals surface area (Å²) in [5.74, 6) is 1.40. The Morgan fingerprint density at radius 3 is 2.41 bits per heavy atom. The summed E-state index contributed by atoms with van der Waals surface area (Å²) in [6.45, 7) is 4.40. The highest BCUT2D eigenvalue weighted by molar-refractivity contribution is 7.89. The largest absolute Gasteiger partial charge is 0.472 e. The average Bonchev–Trinajstić information content (AvgIpc) is 3.35. The molecule has 2 aliphatic heterocycles. The third-order valence-corrected chi connectivity index (χ3v) is 8.83. The van der Waals surface area contributed by atoms with E-state index in [4.69, 9.17) is 9.72 Å². The number of amides is 1. The van der Waals surface area contributed by atoms with Crippen LogP contribution >= 0.6 is 0 Å². The van der Waals surface area contributed by atoms with Crippen LogP contribution in [0.4, 0.5) is 11.8 Å². The average molecular weight is 486 g/mol. The Bertz CT molecular complexity index is 1160. The zero-order chi connectivity index (χ0) is 23.9. The number of fused-ring (bicyclic) bond motifs is 1. The predicted octanol–water partition coefficient (Wildman–Crippen LogP) is 3.19. The maximum absolute atomic E-state index is 13.2. The van der Waals surface area contributed by atoms with Crippen LogP contribution in [0.3, 0.4) is 0 Å². The van der Waals surface area contributed by atoms with Crippen molar-refractivity contribution in [2.45, 2.75) is 75.0 Å². The highest BCUT2D eigenvalue weighted by atomic mass is 32.2. The summed E-state index contributed by atoms with van der Waals surface area (Å²) < 4.78 is 33.2. The third kappa shape index (κ3) is 4.24. The van der Waals surface area contributed by atoms with Gasteiger partial charge in [0.25, 0.3) is 5.91 Å². The molecular formula is C24H31N5O4S. The van der Waals surface area contributed by atoms with E-state index in [9.17, 15) is 13.2 Å². The molecule has 1 amide bonds. The molecule has 0 unspecified atom stereocenters. The van der Waals surface area contributed by atoms with Crippen molar-refractivity contribution in [1.29, 1.82) is 0 Å². The van der Waals surface area contributed by atoms with Crippen molar-refractivity contribution in [1.82, 2.24) is 14.3 Å². The maximum atomic E-state index is 13.2. The molecule has 1 aromatic carbocycles. The SMILES string of the molecule is CC1(C)Oc2cnc(NC3CCN(S(=O)(=O)c4ccccc4)CC3)nc2N(C2CCCC2)C1=O. The third-order valence-electron chi connectivity index (χ3n) is 6.92. The number of nitrogens with zero attached hydrogens (tertiary/aromatic N) is 4. The first kappa shape index (κ1) is 23.0. The van der Waals surface area contributed by atoms with Crippen molar-refractivity contribution in [3.05, 3.63) is 36.5 Å². The molecule has 10 heteroatoms. The van der Waals surface area contributed by atoms with Gasteiger partial charge in [-0.2, -0.15) is 9.29 Å². The first-order valence-electron chi connectivity index (χ1n) is 12.0. The Morgan fingerprint density at radius 2 is 1.74 bits per heavy atom. The van der Waals surface area contributed by atoms with E-state index < -0.39 is 15.6 Å². The number of rotatable bonds is 5. The Labute approximate surface area is 200 Å². The highest BCUT2D eigenvalue weighted by Gasteiger charge is 2.45. The van der Waals surface area contributed by atoms with E-state index >= 15 is 0 Å². The summed E-state index contributed by atoms with van der Waals surface area (Å²) in [5.41, 5.74) is -0.953. The van der Waals surface area contributed by atoms with Gasteiger partial charge in [-0.1, -0.05) is 31.0 Å². The number of hydrogen-bond donors (Lipinski definition) is 1. The molecule has 2 fully saturated rings. The zero-order valence-corrected chi connectivity index (χ0v) is 20.4. The van der Waals surface area contributed by atoms with Crippen molar-refractivity contribution >= 4 is 27.7 Å². The summed E-state index contributed by atoms with van der Waals surface area (Å²) in [4.78, 5) is 24.5. The second-order valence-electron chi connectivity index (χ2n) is 9.74. The van der Waals surface area contributed by atoms with Gasteiger partial charge in [0.05, 0.1) is 11.1 Å². The van der Waals surface area contributed by atoms with Gasteiger partial charge in [0.1, 0.15) is 0 Å². The van der Waals surface area contributed by atoms with Crippen LogP contribution in [0.2, 0.25) is 0 Å². The lowest BCUT2D eigenvalue weighted by molar-refractivity contribution is -0.133. The number of benzene rings is 1. The number of aromatic nitrogens is 2. The molecule has 0 bridgehead atoms. The number of carbonyl (C=O) groups is 1. The summed E-state index contributed by atoms with van der Waals surface area (Å²) in [6, 6.07) is 8.70. The maximum Gasteiger partial charge on any atom is 0.272 e. The van der Waals surface area contributed by atoms with Crippen LogP contribution in [0.1, 0.15) is 52.4 Å². The minimum atomic E-state index is -3.49. The van der Waals surface area contributed by atoms with Gasteiger partial charge in [0, 0.05) is 25.2 Å². The van der Waals surface area contributed by atoms with Gasteiger partial charge in [-0.05, 0) is 51.7 Å². The quantitative estimate of drug-likeness (QED) is 0.693. The summed E-state index contributed by atoms with van der Waals surface area (Å²) in [5, 5.41) is 3.35. The number of hydrogen-bond acceptors (Lipinski definition) is 7. The molecule has 3 heterocycles. The Kier molecular flexibility index (Phi) is 5.97. The molecule has 34 heavy (non-hydrogen) atoms. The van der Waals surface area contributed by atoms with Crippen LogP contribution < -0.4 is 15.0 Å². The van der Waals surface area contributed by atoms with E-state index in [1.807, 2.05) is 4.90 Å². The van der Waals surface area contributed by atoms with E-state index in [-0.39, 0.29) is 18.0 Å². The molecule has 9 nitrogen and oxygen atoms in total. The normalized spacial score (nSPS) is 21.8. The summed E-state index contributed by atoms with van der Waals surface area (Å²) in [6.07, 6.45) is 7.04. The van der Waals surface area contributed by atoms with Crippen LogP contribution in [-0.4, -0.2) is 59.4 Å². The van der Waals surface area contributed by atoms with Crippen LogP contribution in [0.15, 0.2) is 41.4 Å². The van der Waals surface area contributed by atoms with Gasteiger partial charge in [-0.25, -0.2) is 13.4 Å². The molecule has 3 aliphatic rings. The molecular weight excluding hydrogens is 454 g/mol. The van der Waals surface area contributed by atoms with Crippen molar-refractivity contribution in [3.8, 4) is 5.75 Å². The van der Waals surface area contributed by atoms with Crippen LogP contribution in [0.25, 0.3) is 0 Å². The van der Waals surface area contributed by atoms with E-state index in [1.54, 1.807) is 50.4 Å². The zero-order valence-electron chi connectivity index (χ0n) is 19.6. The number of piperidine rings is 1. The fraction of sp³-hybridized carbons (Fsp3) is 0.542. The van der Waals surface area contributed by atoms with E-state index in [1.165, 1.54) is 4.31 Å². The number of anilines is 2. The molecule has 1 aromatic heterocycles. The number of nitrogens with one attached hydrogen (secondary N) is 1. The van der Waals surface area contributed by atoms with Gasteiger partial charge < -0.3 is 10.1 Å². The molecule has 182 valence electrons. The molecule has 0 radical (unpaired) electrons. The smallest absolute Gasteiger partial charge is 0.272 e. The molecule has 1 saturated carbocycles. The fourth-order valence-electron chi connectivity index (χ4n) is 5.05. The lowest BCUT2D eigenvalue weighted by Crippen LogP contribution is -2.56. The van der Waals surface area contributed by atoms with E-state index in [0.717, 1.165) is 25.7 Å². The molecule has 5 rings (SSSR count). The van der Waals surface area contributed by atoms with E-state index in [0.29, 0.717) is 48.3 Å². The highest BCUT2D eigenvalue weighted by Crippen LogP contribution is 2.40. The van der Waals surface area contributed by atoms with Gasteiger partial charge in [-0.3, -0.25) is 9.69 Å². The fourth-order valence-corrected chi connectivity index (χ4v) is 6.54. The Balaban J connectivity index is 1.30. The van der Waals surface area contributed by atoms with Crippen molar-refractivity contribution < 1.29 is 17.9 Å². The molecule has 0 atom stereocenters. The predicted molar refractivity (Wildman–Crippen MR) is 128 cm³/mol. The molecule has 1 aliphatic carbocycles. The van der Waals surface area contributed by atoms with Crippen LogP contribution in [0, 0.1) is 0 Å². The monoisotopic (exact) mass is 485 g/mol. The molecule has 0 spiro atoms. The number of sulfonamides is 1. The topological polar surface area (TPSA) is 105 Å². The van der Waals surface area contributed by atoms with Crippen molar-refractivity contribution in [2.24, 2.45) is 0 Å². The van der Waals surface area contributed by atoms with Crippen LogP contribution in [-0.2, 0) is 14.8 Å². The molecule has 1 saturated heterocycles. The van der Waals surface area contributed by atoms with Crippen molar-refractivity contribution in [3.63, 3.8) is 0 Å². The number of carbonyl (C=O) groups excluding carboxylic acids is 1. The number of ether oxygens (including phenoxy) is 1. The lowest BCUT2D eigenvalue weighted by Gasteiger charge is -2.40. The van der Waals surface area contributed by atoms with Crippen molar-refractivity contribution in [2.75, 3.05) is 23.3 Å². The molecule has 1 N–H and O–H groups in total. The first-order valence-corrected chi connectivity index (χ1v) is 13.4. The Hall–Kier alpha value is -2.72. The first-order chi connectivity index (χ1) is 16.3. The van der Waals surface area contributed by atoms with Gasteiger partial charge in [0.2, 0.25) is 16.0 Å². The second kappa shape index (κ2) is 8.81. The Morgan fingerprint density at radius 1 is 1.06 bits per heavy atom. The summed E-state index contributed by atoms with van der Waals surface area (Å²) >= 11 is 0. The minimum Gasteiger partial charge on any atom is -0.472 e. The lowest BCUT2D eigenvalue weighted by atomic mass is 10.0. The summed E-state index contributed by atoms with van der Waals surface area (Å²) in [7, 11) is -3.49. The second-order valence-corrected chi connectivity index (χ2v) is 11.7. The van der Waals surface area contributed by atoms with Gasteiger partial charge >= 0.3 is 0 Å². The van der Waals surface area contributed by atoms with Gasteiger partial charge in [-0.15, -0.1) is 0 Å². The standard InChI is InChI=1S/C24H31N5O4S/c1-24(2)22(30)29(18-8-6-7-9-18)21-20(33-24)16-25-23(27-21)26-17-12-14-28(15-13-17)34(31,32)19-10-4-3-5-11-19/h3-5,10-11,16-18H,6-9,12-15H2,1-2H3,(H,25,26,27). The van der Waals surface area contributed by atoms with Crippen LogP contribution in [0.5, 0.6) is 5.75 Å².